The number of nitro groups is 2. The van der Waals surface area contributed by atoms with Gasteiger partial charge in [-0.1, -0.05) is 0 Å². The van der Waals surface area contributed by atoms with Crippen LogP contribution in [-0.4, -0.2) is 38.9 Å². The number of carbonyl (C=O) groups excluding carboxylic acids is 1. The first-order valence-corrected chi connectivity index (χ1v) is 11.1. The topological polar surface area (TPSA) is 164 Å². The van der Waals surface area contributed by atoms with Crippen LogP contribution in [0.15, 0.2) is 41.5 Å². The van der Waals surface area contributed by atoms with Gasteiger partial charge in [-0.2, -0.15) is 10.2 Å². The molecule has 0 saturated carbocycles. The summed E-state index contributed by atoms with van der Waals surface area (Å²) in [5.41, 5.74) is 4.63. The molecule has 0 radical (unpaired) electrons. The molecule has 1 aromatic heterocycles. The Balaban J connectivity index is 1.69. The van der Waals surface area contributed by atoms with Crippen molar-refractivity contribution in [1.82, 2.24) is 15.2 Å². The number of hydrogen-bond donors (Lipinski definition) is 1. The molecule has 0 spiro atoms. The number of carbonyl (C=O) groups is 1. The smallest absolute Gasteiger partial charge is 0.312 e. The maximum atomic E-state index is 12.6. The molecule has 0 fully saturated rings. The summed E-state index contributed by atoms with van der Waals surface area (Å²) >= 11 is 0. The monoisotopic (exact) mass is 510 g/mol. The minimum atomic E-state index is -0.825. The van der Waals surface area contributed by atoms with Crippen molar-refractivity contribution in [3.05, 3.63) is 84.7 Å². The fraction of sp³-hybridized carbons (Fsp3) is 0.292. The van der Waals surface area contributed by atoms with E-state index in [0.717, 1.165) is 0 Å². The number of hydrazone groups is 1. The molecule has 0 saturated heterocycles. The number of ether oxygens (including phenoxy) is 2. The number of nitrogens with zero attached hydrogens (tertiary/aromatic N) is 5. The molecule has 1 N–H and O–H groups in total. The van der Waals surface area contributed by atoms with Gasteiger partial charge in [-0.3, -0.25) is 29.7 Å². The third kappa shape index (κ3) is 6.07. The summed E-state index contributed by atoms with van der Waals surface area (Å²) < 4.78 is 12.5. The highest BCUT2D eigenvalue weighted by Crippen LogP contribution is 2.26. The summed E-state index contributed by atoms with van der Waals surface area (Å²) in [5, 5.41) is 30.3. The van der Waals surface area contributed by atoms with Crippen molar-refractivity contribution < 1.29 is 24.1 Å². The molecule has 0 aliphatic heterocycles. The fourth-order valence-electron chi connectivity index (χ4n) is 3.75. The predicted octanol–water partition coefficient (Wildman–Crippen LogP) is 3.92. The third-order valence-electron chi connectivity index (χ3n) is 5.67. The average molecular weight is 511 g/mol. The zero-order valence-corrected chi connectivity index (χ0v) is 20.9. The molecule has 1 amide bonds. The zero-order valence-electron chi connectivity index (χ0n) is 20.9. The molecule has 0 aliphatic carbocycles. The van der Waals surface area contributed by atoms with Gasteiger partial charge in [-0.25, -0.2) is 5.43 Å². The van der Waals surface area contributed by atoms with Crippen molar-refractivity contribution in [3.63, 3.8) is 0 Å². The van der Waals surface area contributed by atoms with Crippen LogP contribution >= 0.6 is 0 Å². The van der Waals surface area contributed by atoms with E-state index in [0.29, 0.717) is 28.2 Å². The maximum absolute atomic E-state index is 12.6. The van der Waals surface area contributed by atoms with E-state index in [9.17, 15) is 25.0 Å². The van der Waals surface area contributed by atoms with Crippen molar-refractivity contribution in [1.29, 1.82) is 0 Å². The second-order valence-corrected chi connectivity index (χ2v) is 8.20. The van der Waals surface area contributed by atoms with Gasteiger partial charge in [0.2, 0.25) is 0 Å². The van der Waals surface area contributed by atoms with Crippen molar-refractivity contribution in [2.75, 3.05) is 7.11 Å². The number of aromatic nitrogens is 2. The first kappa shape index (κ1) is 26.8. The maximum Gasteiger partial charge on any atom is 0.312 e. The summed E-state index contributed by atoms with van der Waals surface area (Å²) in [7, 11) is 1.52. The lowest BCUT2D eigenvalue weighted by Gasteiger charge is -2.12. The Bertz CT molecular complexity index is 1380. The average Bonchev–Trinajstić information content (AvgIpc) is 3.15. The number of nitro benzene ring substituents is 1. The molecule has 3 rings (SSSR count). The second-order valence-electron chi connectivity index (χ2n) is 8.20. The van der Waals surface area contributed by atoms with Crippen LogP contribution in [0.5, 0.6) is 11.5 Å². The lowest BCUT2D eigenvalue weighted by Crippen LogP contribution is -2.28. The van der Waals surface area contributed by atoms with Crippen LogP contribution in [0.25, 0.3) is 0 Å². The number of amides is 1. The Kier molecular flexibility index (Phi) is 8.17. The van der Waals surface area contributed by atoms with E-state index in [4.69, 9.17) is 9.47 Å². The lowest BCUT2D eigenvalue weighted by atomic mass is 10.1. The van der Waals surface area contributed by atoms with Crippen LogP contribution in [0.3, 0.4) is 0 Å². The van der Waals surface area contributed by atoms with E-state index in [-0.39, 0.29) is 29.4 Å². The van der Waals surface area contributed by atoms with Gasteiger partial charge in [0.05, 0.1) is 23.2 Å². The minimum absolute atomic E-state index is 0.00980. The van der Waals surface area contributed by atoms with Crippen LogP contribution in [0.4, 0.5) is 11.4 Å². The van der Waals surface area contributed by atoms with Crippen molar-refractivity contribution >= 4 is 23.5 Å². The van der Waals surface area contributed by atoms with Gasteiger partial charge in [0.1, 0.15) is 35.5 Å². The molecule has 1 unspecified atom stereocenters. The molecule has 0 bridgehead atoms. The largest absolute Gasteiger partial charge is 0.496 e. The number of hydrogen-bond acceptors (Lipinski definition) is 9. The van der Waals surface area contributed by atoms with Gasteiger partial charge >= 0.3 is 5.69 Å². The van der Waals surface area contributed by atoms with Crippen LogP contribution in [0.2, 0.25) is 0 Å². The molecular weight excluding hydrogens is 484 g/mol. The van der Waals surface area contributed by atoms with Crippen molar-refractivity contribution in [3.8, 4) is 11.5 Å². The van der Waals surface area contributed by atoms with E-state index in [1.54, 1.807) is 38.1 Å². The number of methoxy groups -OCH3 is 1. The molecule has 13 heteroatoms. The fourth-order valence-corrected chi connectivity index (χ4v) is 3.75. The van der Waals surface area contributed by atoms with Gasteiger partial charge in [-0.15, -0.1) is 0 Å². The van der Waals surface area contributed by atoms with Gasteiger partial charge in [0.25, 0.3) is 11.6 Å². The summed E-state index contributed by atoms with van der Waals surface area (Å²) in [6, 6.07) is 8.90. The lowest BCUT2D eigenvalue weighted by molar-refractivity contribution is -0.386. The van der Waals surface area contributed by atoms with Gasteiger partial charge in [0, 0.05) is 17.2 Å². The van der Waals surface area contributed by atoms with Crippen LogP contribution in [0, 0.1) is 41.0 Å². The standard InChI is InChI=1S/C24H26N6O7/c1-14-10-20(7-8-21(14)29(32)33)37-13-19-11-18(6-9-22(19)36-5)12-25-26-24(31)17(4)28-16(3)23(30(34)35)15(2)27-28/h6-12,17H,13H2,1-5H3,(H,26,31). The Morgan fingerprint density at radius 3 is 2.49 bits per heavy atom. The highest BCUT2D eigenvalue weighted by atomic mass is 16.6. The summed E-state index contributed by atoms with van der Waals surface area (Å²) in [5.74, 6) is 0.539. The zero-order chi connectivity index (χ0) is 27.3. The number of aryl methyl sites for hydroxylation is 2. The van der Waals surface area contributed by atoms with Crippen LogP contribution in [0.1, 0.15) is 41.0 Å². The summed E-state index contributed by atoms with van der Waals surface area (Å²) in [6.07, 6.45) is 1.44. The van der Waals surface area contributed by atoms with Gasteiger partial charge < -0.3 is 9.47 Å². The minimum Gasteiger partial charge on any atom is -0.496 e. The first-order chi connectivity index (χ1) is 17.5. The highest BCUT2D eigenvalue weighted by molar-refractivity contribution is 5.84. The van der Waals surface area contributed by atoms with Gasteiger partial charge in [-0.05, 0) is 63.6 Å². The molecule has 3 aromatic rings. The quantitative estimate of drug-likeness (QED) is 0.243. The third-order valence-corrected chi connectivity index (χ3v) is 5.67. The number of nitrogens with one attached hydrogen (secondary N) is 1. The van der Waals surface area contributed by atoms with E-state index in [1.165, 1.54) is 44.0 Å². The molecule has 37 heavy (non-hydrogen) atoms. The Morgan fingerprint density at radius 2 is 1.89 bits per heavy atom. The van der Waals surface area contributed by atoms with Crippen LogP contribution < -0.4 is 14.9 Å². The Morgan fingerprint density at radius 1 is 1.16 bits per heavy atom. The summed E-state index contributed by atoms with van der Waals surface area (Å²) in [6.45, 7) is 6.37. The normalized spacial score (nSPS) is 11.8. The number of rotatable bonds is 10. The van der Waals surface area contributed by atoms with E-state index >= 15 is 0 Å². The molecule has 2 aromatic carbocycles. The molecule has 0 aliphatic rings. The SMILES string of the molecule is COc1ccc(C=NNC(=O)C(C)n2nc(C)c([N+](=O)[O-])c2C)cc1COc1ccc([N+](=O)[O-])c(C)c1. The Hall–Kier alpha value is -4.81. The first-order valence-electron chi connectivity index (χ1n) is 11.1. The second kappa shape index (κ2) is 11.3. The molecular formula is C24H26N6O7. The molecule has 1 atom stereocenters. The van der Waals surface area contributed by atoms with E-state index in [2.05, 4.69) is 15.6 Å². The van der Waals surface area contributed by atoms with E-state index in [1.807, 2.05) is 0 Å². The summed E-state index contributed by atoms with van der Waals surface area (Å²) in [4.78, 5) is 33.8. The predicted molar refractivity (Wildman–Crippen MR) is 134 cm³/mol. The molecule has 13 nitrogen and oxygen atoms in total. The van der Waals surface area contributed by atoms with Crippen molar-refractivity contribution in [2.45, 2.75) is 40.3 Å². The van der Waals surface area contributed by atoms with Gasteiger partial charge in [0.15, 0.2) is 0 Å². The van der Waals surface area contributed by atoms with Crippen LogP contribution in [-0.2, 0) is 11.4 Å². The Labute approximate surface area is 212 Å². The van der Waals surface area contributed by atoms with Crippen molar-refractivity contribution in [2.24, 2.45) is 5.10 Å². The van der Waals surface area contributed by atoms with E-state index < -0.39 is 21.8 Å². The highest BCUT2D eigenvalue weighted by Gasteiger charge is 2.26. The molecule has 194 valence electrons. The molecule has 1 heterocycles. The number of benzene rings is 2.